The number of aromatic nitrogens is 4. The first-order valence-electron chi connectivity index (χ1n) is 6.94. The molecule has 0 aliphatic rings. The van der Waals surface area contributed by atoms with Crippen LogP contribution >= 0.6 is 11.6 Å². The largest absolute Gasteiger partial charge is 0.288 e. The molecule has 0 fully saturated rings. The number of benzene rings is 1. The van der Waals surface area contributed by atoms with Gasteiger partial charge in [0.15, 0.2) is 0 Å². The summed E-state index contributed by atoms with van der Waals surface area (Å²) in [6, 6.07) is 9.18. The van der Waals surface area contributed by atoms with E-state index in [1.165, 1.54) is 6.07 Å². The monoisotopic (exact) mass is 314 g/mol. The molecule has 5 nitrogen and oxygen atoms in total. The zero-order chi connectivity index (χ0) is 15.5. The van der Waals surface area contributed by atoms with Gasteiger partial charge in [-0.1, -0.05) is 23.7 Å². The number of halogens is 1. The summed E-state index contributed by atoms with van der Waals surface area (Å²) in [7, 11) is 1.84. The molecule has 0 bridgehead atoms. The molecule has 0 unspecified atom stereocenters. The van der Waals surface area contributed by atoms with Crippen LogP contribution in [0.1, 0.15) is 11.3 Å². The van der Waals surface area contributed by atoms with Crippen LogP contribution in [-0.4, -0.2) is 19.6 Å². The van der Waals surface area contributed by atoms with E-state index in [-0.39, 0.29) is 5.43 Å². The van der Waals surface area contributed by atoms with Crippen molar-refractivity contribution in [1.82, 2.24) is 19.6 Å². The van der Waals surface area contributed by atoms with Crippen LogP contribution in [-0.2, 0) is 19.9 Å². The van der Waals surface area contributed by atoms with E-state index in [9.17, 15) is 4.79 Å². The second kappa shape index (κ2) is 6.15. The minimum absolute atomic E-state index is 0.0535. The third kappa shape index (κ3) is 3.26. The Morgan fingerprint density at radius 3 is 2.82 bits per heavy atom. The van der Waals surface area contributed by atoms with Crippen LogP contribution < -0.4 is 5.43 Å². The van der Waals surface area contributed by atoms with Gasteiger partial charge < -0.3 is 0 Å². The lowest BCUT2D eigenvalue weighted by Crippen LogP contribution is -2.16. The van der Waals surface area contributed by atoms with Crippen molar-refractivity contribution in [2.45, 2.75) is 12.8 Å². The summed E-state index contributed by atoms with van der Waals surface area (Å²) < 4.78 is 3.36. The first-order valence-corrected chi connectivity index (χ1v) is 7.32. The lowest BCUT2D eigenvalue weighted by molar-refractivity contribution is 0.754. The fraction of sp³-hybridized carbons (Fsp3) is 0.188. The van der Waals surface area contributed by atoms with Crippen molar-refractivity contribution in [2.75, 3.05) is 0 Å². The summed E-state index contributed by atoms with van der Waals surface area (Å²) >= 11 is 5.97. The van der Waals surface area contributed by atoms with Gasteiger partial charge in [-0.3, -0.25) is 9.48 Å². The third-order valence-electron chi connectivity index (χ3n) is 3.38. The van der Waals surface area contributed by atoms with E-state index in [4.69, 9.17) is 11.6 Å². The Labute approximate surface area is 132 Å². The first kappa shape index (κ1) is 14.5. The highest BCUT2D eigenvalue weighted by molar-refractivity contribution is 6.30. The van der Waals surface area contributed by atoms with Gasteiger partial charge in [-0.15, -0.1) is 0 Å². The summed E-state index contributed by atoms with van der Waals surface area (Å²) in [5, 5.41) is 9.22. The van der Waals surface area contributed by atoms with Gasteiger partial charge in [0.05, 0.1) is 12.4 Å². The molecule has 0 saturated carbocycles. The molecule has 2 aromatic heterocycles. The zero-order valence-electron chi connectivity index (χ0n) is 12.1. The molecular formula is C16H15ClN4O. The highest BCUT2D eigenvalue weighted by atomic mass is 35.5. The maximum absolute atomic E-state index is 12.0. The first-order chi connectivity index (χ1) is 10.6. The van der Waals surface area contributed by atoms with Crippen LogP contribution in [0.4, 0.5) is 0 Å². The summed E-state index contributed by atoms with van der Waals surface area (Å²) in [6.07, 6.45) is 6.50. The van der Waals surface area contributed by atoms with Crippen molar-refractivity contribution in [3.8, 4) is 5.69 Å². The highest BCUT2D eigenvalue weighted by Gasteiger charge is 2.06. The summed E-state index contributed by atoms with van der Waals surface area (Å²) in [4.78, 5) is 12.0. The number of hydrogen-bond donors (Lipinski definition) is 0. The van der Waals surface area contributed by atoms with Gasteiger partial charge in [0, 0.05) is 24.3 Å². The molecule has 0 amide bonds. The number of hydrogen-bond acceptors (Lipinski definition) is 3. The van der Waals surface area contributed by atoms with Gasteiger partial charge in [0.1, 0.15) is 11.4 Å². The fourth-order valence-electron chi connectivity index (χ4n) is 2.25. The van der Waals surface area contributed by atoms with Crippen molar-refractivity contribution in [3.05, 3.63) is 75.4 Å². The van der Waals surface area contributed by atoms with Crippen LogP contribution in [0.5, 0.6) is 0 Å². The predicted octanol–water partition coefficient (Wildman–Crippen LogP) is 2.40. The Kier molecular flexibility index (Phi) is 4.06. The highest BCUT2D eigenvalue weighted by Crippen LogP contribution is 2.12. The van der Waals surface area contributed by atoms with Crippen molar-refractivity contribution >= 4 is 11.6 Å². The molecule has 3 rings (SSSR count). The van der Waals surface area contributed by atoms with Gasteiger partial charge in [-0.2, -0.15) is 10.2 Å². The fourth-order valence-corrected chi connectivity index (χ4v) is 2.46. The Balaban J connectivity index is 1.83. The summed E-state index contributed by atoms with van der Waals surface area (Å²) in [5.74, 6) is 0. The topological polar surface area (TPSA) is 52.7 Å². The molecular weight excluding hydrogens is 300 g/mol. The van der Waals surface area contributed by atoms with Crippen LogP contribution in [0.15, 0.2) is 53.7 Å². The molecule has 0 atom stereocenters. The second-order valence-corrected chi connectivity index (χ2v) is 5.51. The minimum atomic E-state index is -0.0535. The van der Waals surface area contributed by atoms with E-state index >= 15 is 0 Å². The Morgan fingerprint density at radius 2 is 2.09 bits per heavy atom. The average Bonchev–Trinajstić information content (AvgIpc) is 2.93. The smallest absolute Gasteiger partial charge is 0.203 e. The molecule has 1 aromatic carbocycles. The van der Waals surface area contributed by atoms with Crippen molar-refractivity contribution in [1.29, 1.82) is 0 Å². The molecule has 0 aliphatic heterocycles. The normalized spacial score (nSPS) is 10.8. The van der Waals surface area contributed by atoms with Gasteiger partial charge in [-0.05, 0) is 30.5 Å². The lowest BCUT2D eigenvalue weighted by atomic mass is 10.1. The van der Waals surface area contributed by atoms with Crippen LogP contribution in [0.2, 0.25) is 5.02 Å². The molecule has 112 valence electrons. The predicted molar refractivity (Wildman–Crippen MR) is 85.5 cm³/mol. The maximum atomic E-state index is 12.0. The van der Waals surface area contributed by atoms with E-state index in [0.717, 1.165) is 17.7 Å². The minimum Gasteiger partial charge on any atom is -0.288 e. The number of nitrogens with zero attached hydrogens (tertiary/aromatic N) is 4. The SMILES string of the molecule is Cn1cc(-n2ccc(=O)c(CCc3cccc(Cl)c3)n2)cn1. The standard InChI is InChI=1S/C16H15ClN4O/c1-20-11-14(10-18-20)21-8-7-16(22)15(19-21)6-5-12-3-2-4-13(17)9-12/h2-4,7-11H,5-6H2,1H3. The van der Waals surface area contributed by atoms with E-state index < -0.39 is 0 Å². The van der Waals surface area contributed by atoms with Gasteiger partial charge in [-0.25, -0.2) is 4.68 Å². The molecule has 2 heterocycles. The van der Waals surface area contributed by atoms with Gasteiger partial charge in [0.25, 0.3) is 0 Å². The molecule has 0 spiro atoms. The molecule has 22 heavy (non-hydrogen) atoms. The molecule has 0 saturated heterocycles. The lowest BCUT2D eigenvalue weighted by Gasteiger charge is -2.05. The van der Waals surface area contributed by atoms with Crippen molar-refractivity contribution < 1.29 is 0 Å². The molecule has 0 aliphatic carbocycles. The van der Waals surface area contributed by atoms with Crippen molar-refractivity contribution in [2.24, 2.45) is 7.05 Å². The Morgan fingerprint density at radius 1 is 1.23 bits per heavy atom. The van der Waals surface area contributed by atoms with E-state index in [1.54, 1.807) is 21.8 Å². The maximum Gasteiger partial charge on any atom is 0.203 e. The molecule has 3 aromatic rings. The van der Waals surface area contributed by atoms with E-state index in [0.29, 0.717) is 17.1 Å². The van der Waals surface area contributed by atoms with E-state index in [2.05, 4.69) is 10.2 Å². The van der Waals surface area contributed by atoms with Crippen LogP contribution in [0.25, 0.3) is 5.69 Å². The number of rotatable bonds is 4. The van der Waals surface area contributed by atoms with Crippen LogP contribution in [0.3, 0.4) is 0 Å². The molecule has 0 radical (unpaired) electrons. The van der Waals surface area contributed by atoms with Gasteiger partial charge >= 0.3 is 0 Å². The average molecular weight is 315 g/mol. The Bertz CT molecular complexity index is 853. The summed E-state index contributed by atoms with van der Waals surface area (Å²) in [6.45, 7) is 0. The second-order valence-electron chi connectivity index (χ2n) is 5.07. The number of aryl methyl sites for hydroxylation is 3. The Hall–Kier alpha value is -2.40. The van der Waals surface area contributed by atoms with Gasteiger partial charge in [0.2, 0.25) is 5.43 Å². The molecule has 6 heteroatoms. The van der Waals surface area contributed by atoms with E-state index in [1.807, 2.05) is 37.5 Å². The third-order valence-corrected chi connectivity index (χ3v) is 3.61. The molecule has 0 N–H and O–H groups in total. The van der Waals surface area contributed by atoms with Crippen molar-refractivity contribution in [3.63, 3.8) is 0 Å². The quantitative estimate of drug-likeness (QED) is 0.743. The van der Waals surface area contributed by atoms with Crippen LogP contribution in [0, 0.1) is 0 Å². The summed E-state index contributed by atoms with van der Waals surface area (Å²) in [5.41, 5.74) is 2.39. The zero-order valence-corrected chi connectivity index (χ0v) is 12.9.